The van der Waals surface area contributed by atoms with Gasteiger partial charge in [-0.25, -0.2) is 0 Å². The van der Waals surface area contributed by atoms with Gasteiger partial charge in [-0.2, -0.15) is 5.10 Å². The Hall–Kier alpha value is -2.89. The van der Waals surface area contributed by atoms with E-state index in [1.807, 2.05) is 23.0 Å². The van der Waals surface area contributed by atoms with Crippen LogP contribution in [-0.4, -0.2) is 20.8 Å². The van der Waals surface area contributed by atoms with Crippen LogP contribution in [0.15, 0.2) is 41.2 Å². The molecule has 2 aromatic heterocycles. The zero-order valence-corrected chi connectivity index (χ0v) is 15.0. The van der Waals surface area contributed by atoms with Crippen LogP contribution in [-0.2, 0) is 19.4 Å². The Morgan fingerprint density at radius 1 is 1.38 bits per heavy atom. The second-order valence-corrected chi connectivity index (χ2v) is 7.09. The summed E-state index contributed by atoms with van der Waals surface area (Å²) in [6.45, 7) is 4.93. The Morgan fingerprint density at radius 3 is 3.08 bits per heavy atom. The molecule has 6 nitrogen and oxygen atoms in total. The molecule has 26 heavy (non-hydrogen) atoms. The quantitative estimate of drug-likeness (QED) is 0.780. The van der Waals surface area contributed by atoms with E-state index in [9.17, 15) is 4.79 Å². The maximum atomic E-state index is 12.6. The van der Waals surface area contributed by atoms with Crippen molar-refractivity contribution in [3.63, 3.8) is 0 Å². The van der Waals surface area contributed by atoms with Crippen LogP contribution in [0.4, 0.5) is 5.69 Å². The van der Waals surface area contributed by atoms with E-state index in [0.29, 0.717) is 23.8 Å². The highest BCUT2D eigenvalue weighted by molar-refractivity contribution is 6.03. The van der Waals surface area contributed by atoms with Crippen molar-refractivity contribution >= 4 is 11.6 Å². The van der Waals surface area contributed by atoms with Crippen LogP contribution < -0.4 is 5.32 Å². The van der Waals surface area contributed by atoms with E-state index in [1.54, 1.807) is 6.20 Å². The average molecular weight is 350 g/mol. The van der Waals surface area contributed by atoms with Gasteiger partial charge in [0.1, 0.15) is 5.76 Å². The van der Waals surface area contributed by atoms with E-state index in [0.717, 1.165) is 30.6 Å². The molecular formula is C20H22N4O2. The fourth-order valence-corrected chi connectivity index (χ4v) is 3.42. The number of aryl methyl sites for hydroxylation is 2. The molecule has 0 bridgehead atoms. The highest BCUT2D eigenvalue weighted by Crippen LogP contribution is 2.28. The van der Waals surface area contributed by atoms with E-state index in [4.69, 9.17) is 4.52 Å². The second kappa shape index (κ2) is 6.78. The molecular weight excluding hydrogens is 328 g/mol. The first kappa shape index (κ1) is 16.6. The van der Waals surface area contributed by atoms with E-state index in [2.05, 4.69) is 41.6 Å². The van der Waals surface area contributed by atoms with Gasteiger partial charge in [0.2, 0.25) is 0 Å². The fraction of sp³-hybridized carbons (Fsp3) is 0.350. The SMILES string of the molecule is Cc1ccccc1Cn1cc(NC(=O)c2noc3c2CC(C)CC3)cn1. The first-order valence-electron chi connectivity index (χ1n) is 8.96. The first-order valence-corrected chi connectivity index (χ1v) is 8.96. The number of benzene rings is 1. The van der Waals surface area contributed by atoms with Crippen molar-refractivity contribution < 1.29 is 9.32 Å². The highest BCUT2D eigenvalue weighted by Gasteiger charge is 2.27. The van der Waals surface area contributed by atoms with E-state index < -0.39 is 0 Å². The molecule has 134 valence electrons. The standard InChI is InChI=1S/C20H22N4O2/c1-13-7-8-18-17(9-13)19(23-26-18)20(25)22-16-10-21-24(12-16)11-15-6-4-3-5-14(15)2/h3-6,10,12-13H,7-9,11H2,1-2H3,(H,22,25). The van der Waals surface area contributed by atoms with Crippen molar-refractivity contribution in [1.29, 1.82) is 0 Å². The van der Waals surface area contributed by atoms with Gasteiger partial charge in [0.25, 0.3) is 5.91 Å². The van der Waals surface area contributed by atoms with Crippen LogP contribution in [0.25, 0.3) is 0 Å². The van der Waals surface area contributed by atoms with E-state index >= 15 is 0 Å². The van der Waals surface area contributed by atoms with Crippen molar-refractivity contribution in [3.8, 4) is 0 Å². The lowest BCUT2D eigenvalue weighted by molar-refractivity contribution is 0.101. The van der Waals surface area contributed by atoms with Crippen molar-refractivity contribution in [1.82, 2.24) is 14.9 Å². The number of hydrogen-bond acceptors (Lipinski definition) is 4. The maximum Gasteiger partial charge on any atom is 0.278 e. The summed E-state index contributed by atoms with van der Waals surface area (Å²) in [7, 11) is 0. The zero-order chi connectivity index (χ0) is 18.1. The number of amides is 1. The molecule has 1 aromatic carbocycles. The summed E-state index contributed by atoms with van der Waals surface area (Å²) in [5, 5.41) is 11.2. The number of aromatic nitrogens is 3. The smallest absolute Gasteiger partial charge is 0.278 e. The van der Waals surface area contributed by atoms with Crippen LogP contribution in [0.2, 0.25) is 0 Å². The Labute approximate surface area is 152 Å². The van der Waals surface area contributed by atoms with Gasteiger partial charge in [0, 0.05) is 18.2 Å². The Bertz CT molecular complexity index is 941. The minimum atomic E-state index is -0.237. The van der Waals surface area contributed by atoms with Gasteiger partial charge in [-0.05, 0) is 36.8 Å². The topological polar surface area (TPSA) is 73.0 Å². The summed E-state index contributed by atoms with van der Waals surface area (Å²) in [6, 6.07) is 8.20. The number of rotatable bonds is 4. The largest absolute Gasteiger partial charge is 0.360 e. The number of nitrogens with one attached hydrogen (secondary N) is 1. The normalized spacial score (nSPS) is 16.3. The van der Waals surface area contributed by atoms with Crippen molar-refractivity contribution in [2.75, 3.05) is 5.32 Å². The summed E-state index contributed by atoms with van der Waals surface area (Å²) < 4.78 is 7.18. The number of nitrogens with zero attached hydrogens (tertiary/aromatic N) is 3. The molecule has 1 aliphatic rings. The van der Waals surface area contributed by atoms with Gasteiger partial charge in [-0.15, -0.1) is 0 Å². The van der Waals surface area contributed by atoms with Crippen molar-refractivity contribution in [2.45, 2.75) is 39.7 Å². The van der Waals surface area contributed by atoms with Crippen molar-refractivity contribution in [3.05, 3.63) is 64.8 Å². The molecule has 0 saturated carbocycles. The third-order valence-corrected chi connectivity index (χ3v) is 4.99. The minimum Gasteiger partial charge on any atom is -0.360 e. The Morgan fingerprint density at radius 2 is 2.23 bits per heavy atom. The van der Waals surface area contributed by atoms with Crippen molar-refractivity contribution in [2.24, 2.45) is 5.92 Å². The molecule has 6 heteroatoms. The molecule has 4 rings (SSSR count). The Kier molecular flexibility index (Phi) is 4.32. The summed E-state index contributed by atoms with van der Waals surface area (Å²) in [6.07, 6.45) is 6.26. The summed E-state index contributed by atoms with van der Waals surface area (Å²) >= 11 is 0. The van der Waals surface area contributed by atoms with Crippen LogP contribution in [0, 0.1) is 12.8 Å². The monoisotopic (exact) mass is 350 g/mol. The number of carbonyl (C=O) groups excluding carboxylic acids is 1. The molecule has 1 amide bonds. The summed E-state index contributed by atoms with van der Waals surface area (Å²) in [5.41, 5.74) is 4.43. The van der Waals surface area contributed by atoms with Gasteiger partial charge < -0.3 is 9.84 Å². The van der Waals surface area contributed by atoms with Crippen LogP contribution in [0.3, 0.4) is 0 Å². The zero-order valence-electron chi connectivity index (χ0n) is 15.0. The van der Waals surface area contributed by atoms with Crippen LogP contribution in [0.5, 0.6) is 0 Å². The molecule has 0 fully saturated rings. The molecule has 1 atom stereocenters. The molecule has 2 heterocycles. The number of hydrogen-bond donors (Lipinski definition) is 1. The molecule has 1 unspecified atom stereocenters. The summed E-state index contributed by atoms with van der Waals surface area (Å²) in [4.78, 5) is 12.6. The van der Waals surface area contributed by atoms with E-state index in [1.165, 1.54) is 11.1 Å². The fourth-order valence-electron chi connectivity index (χ4n) is 3.42. The number of carbonyl (C=O) groups is 1. The third kappa shape index (κ3) is 3.27. The summed E-state index contributed by atoms with van der Waals surface area (Å²) in [5.74, 6) is 1.16. The molecule has 0 spiro atoms. The lowest BCUT2D eigenvalue weighted by Crippen LogP contribution is -2.17. The van der Waals surface area contributed by atoms with Gasteiger partial charge in [-0.3, -0.25) is 9.48 Å². The lowest BCUT2D eigenvalue weighted by Gasteiger charge is -2.16. The number of fused-ring (bicyclic) bond motifs is 1. The predicted octanol–water partition coefficient (Wildman–Crippen LogP) is 3.60. The molecule has 1 aliphatic carbocycles. The van der Waals surface area contributed by atoms with Gasteiger partial charge >= 0.3 is 0 Å². The van der Waals surface area contributed by atoms with Crippen LogP contribution >= 0.6 is 0 Å². The molecule has 0 saturated heterocycles. The van der Waals surface area contributed by atoms with E-state index in [-0.39, 0.29) is 5.91 Å². The Balaban J connectivity index is 1.47. The minimum absolute atomic E-state index is 0.237. The van der Waals surface area contributed by atoms with Gasteiger partial charge in [-0.1, -0.05) is 36.3 Å². The number of anilines is 1. The molecule has 0 radical (unpaired) electrons. The lowest BCUT2D eigenvalue weighted by atomic mass is 9.88. The first-order chi connectivity index (χ1) is 12.6. The second-order valence-electron chi connectivity index (χ2n) is 7.09. The molecule has 1 N–H and O–H groups in total. The van der Waals surface area contributed by atoms with Gasteiger partial charge in [0.05, 0.1) is 18.4 Å². The average Bonchev–Trinajstić information content (AvgIpc) is 3.23. The van der Waals surface area contributed by atoms with Crippen LogP contribution in [0.1, 0.15) is 46.3 Å². The molecule has 3 aromatic rings. The molecule has 0 aliphatic heterocycles. The van der Waals surface area contributed by atoms with Gasteiger partial charge in [0.15, 0.2) is 5.69 Å². The predicted molar refractivity (Wildman–Crippen MR) is 98.2 cm³/mol. The maximum absolute atomic E-state index is 12.6. The third-order valence-electron chi connectivity index (χ3n) is 4.99. The highest BCUT2D eigenvalue weighted by atomic mass is 16.5.